The van der Waals surface area contributed by atoms with Crippen molar-refractivity contribution in [3.8, 4) is 5.75 Å². The molecule has 1 aromatic heterocycles. The minimum Gasteiger partial charge on any atom is -0.507 e. The van der Waals surface area contributed by atoms with Crippen LogP contribution < -0.4 is 4.74 Å². The molecule has 196 valence electrons. The van der Waals surface area contributed by atoms with Crippen molar-refractivity contribution in [2.75, 3.05) is 26.3 Å². The summed E-state index contributed by atoms with van der Waals surface area (Å²) in [7, 11) is 0. The summed E-state index contributed by atoms with van der Waals surface area (Å²) in [6.45, 7) is 7.51. The number of carbonyl (C=O) groups excluding carboxylic acids is 3. The van der Waals surface area contributed by atoms with E-state index in [1.807, 2.05) is 0 Å². The summed E-state index contributed by atoms with van der Waals surface area (Å²) < 4.78 is 10.8. The highest BCUT2D eigenvalue weighted by molar-refractivity contribution is 6.46. The molecule has 0 bridgehead atoms. The number of hydrogen-bond donors (Lipinski definition) is 1. The van der Waals surface area contributed by atoms with Gasteiger partial charge in [0.1, 0.15) is 17.6 Å². The molecule has 0 saturated carbocycles. The number of aliphatic hydroxyl groups excluding tert-OH is 1. The second-order valence-electron chi connectivity index (χ2n) is 9.61. The number of hydrogen-bond acceptors (Lipinski definition) is 7. The van der Waals surface area contributed by atoms with Crippen LogP contribution in [0.3, 0.4) is 0 Å². The Balaban J connectivity index is 1.66. The molecule has 9 nitrogen and oxygen atoms in total. The van der Waals surface area contributed by atoms with Crippen molar-refractivity contribution in [2.24, 2.45) is 5.92 Å². The molecule has 0 spiro atoms. The molecule has 4 rings (SSSR count). The first kappa shape index (κ1) is 26.2. The molecular weight excluding hydrogens is 474 g/mol. The van der Waals surface area contributed by atoms with Gasteiger partial charge in [-0.2, -0.15) is 0 Å². The molecule has 1 N–H and O–H groups in total. The molecule has 1 unspecified atom stereocenters. The summed E-state index contributed by atoms with van der Waals surface area (Å²) in [6.07, 6.45) is 2.18. The van der Waals surface area contributed by atoms with E-state index in [4.69, 9.17) is 9.47 Å². The number of rotatable bonds is 7. The van der Waals surface area contributed by atoms with E-state index < -0.39 is 17.7 Å². The molecule has 1 atom stereocenters. The monoisotopic (exact) mass is 507 g/mol. The lowest BCUT2D eigenvalue weighted by molar-refractivity contribution is -0.142. The number of aliphatic hydroxyl groups is 1. The van der Waals surface area contributed by atoms with Crippen molar-refractivity contribution in [1.29, 1.82) is 0 Å². The molecule has 3 heterocycles. The van der Waals surface area contributed by atoms with Crippen LogP contribution >= 0.6 is 0 Å². The van der Waals surface area contributed by atoms with Gasteiger partial charge < -0.3 is 24.4 Å². The highest BCUT2D eigenvalue weighted by atomic mass is 16.6. The molecule has 1 aromatic carbocycles. The van der Waals surface area contributed by atoms with E-state index in [0.717, 1.165) is 0 Å². The first-order chi connectivity index (χ1) is 17.8. The number of nitrogens with zero attached hydrogens (tertiary/aromatic N) is 3. The maximum absolute atomic E-state index is 13.3. The maximum atomic E-state index is 13.3. The fourth-order valence-corrected chi connectivity index (χ4v) is 4.72. The lowest BCUT2D eigenvalue weighted by Crippen LogP contribution is -2.48. The molecule has 2 fully saturated rings. The van der Waals surface area contributed by atoms with Gasteiger partial charge in [-0.1, -0.05) is 19.9 Å². The minimum absolute atomic E-state index is 0.00683. The van der Waals surface area contributed by atoms with Gasteiger partial charge >= 0.3 is 6.09 Å². The summed E-state index contributed by atoms with van der Waals surface area (Å²) in [4.78, 5) is 46.3. The molecule has 2 amide bonds. The molecule has 2 aliphatic heterocycles. The Morgan fingerprint density at radius 1 is 1.11 bits per heavy atom. The van der Waals surface area contributed by atoms with Gasteiger partial charge in [-0.05, 0) is 62.1 Å². The van der Waals surface area contributed by atoms with Crippen LogP contribution in [0.5, 0.6) is 5.75 Å². The van der Waals surface area contributed by atoms with Gasteiger partial charge in [-0.15, -0.1) is 0 Å². The number of aromatic nitrogens is 1. The summed E-state index contributed by atoms with van der Waals surface area (Å²) in [6, 6.07) is 11.0. The SMILES string of the molecule is CCOC(=O)N1CCC(N2C(=O)C(=O)/C(=C(/O)c3ccc(OCC(C)C)cc3)C2c2ccccn2)CC1. The predicted octanol–water partition coefficient (Wildman–Crippen LogP) is 4.16. The van der Waals surface area contributed by atoms with Gasteiger partial charge in [0.25, 0.3) is 11.7 Å². The number of benzene rings is 1. The number of likely N-dealkylation sites (tertiary alicyclic amines) is 2. The van der Waals surface area contributed by atoms with Crippen LogP contribution in [0.25, 0.3) is 5.76 Å². The standard InChI is InChI=1S/C28H33N3O6/c1-4-36-28(35)30-15-12-20(13-16-30)31-24(22-7-5-6-14-29-22)23(26(33)27(31)34)25(32)19-8-10-21(11-9-19)37-17-18(2)3/h5-11,14,18,20,24,32H,4,12-13,15-17H2,1-3H3/b25-23+. The van der Waals surface area contributed by atoms with Crippen molar-refractivity contribution < 1.29 is 29.0 Å². The lowest BCUT2D eigenvalue weighted by atomic mass is 9.96. The van der Waals surface area contributed by atoms with Crippen molar-refractivity contribution >= 4 is 23.5 Å². The van der Waals surface area contributed by atoms with E-state index in [1.54, 1.807) is 60.5 Å². The van der Waals surface area contributed by atoms with Crippen LogP contribution in [0.1, 0.15) is 50.9 Å². The number of ether oxygens (including phenoxy) is 2. The Hall–Kier alpha value is -3.88. The Morgan fingerprint density at radius 3 is 2.41 bits per heavy atom. The van der Waals surface area contributed by atoms with E-state index in [1.165, 1.54) is 4.90 Å². The van der Waals surface area contributed by atoms with Gasteiger partial charge in [-0.3, -0.25) is 14.6 Å². The van der Waals surface area contributed by atoms with Gasteiger partial charge in [0.2, 0.25) is 0 Å². The van der Waals surface area contributed by atoms with Gasteiger partial charge in [0.05, 0.1) is 24.5 Å². The third kappa shape index (κ3) is 5.60. The summed E-state index contributed by atoms with van der Waals surface area (Å²) in [5.74, 6) is -0.660. The fourth-order valence-electron chi connectivity index (χ4n) is 4.72. The average molecular weight is 508 g/mol. The minimum atomic E-state index is -0.836. The van der Waals surface area contributed by atoms with E-state index >= 15 is 0 Å². The lowest BCUT2D eigenvalue weighted by Gasteiger charge is -2.38. The van der Waals surface area contributed by atoms with Crippen LogP contribution in [0.4, 0.5) is 4.79 Å². The number of amides is 2. The van der Waals surface area contributed by atoms with Crippen LogP contribution in [0, 0.1) is 5.92 Å². The molecule has 0 radical (unpaired) electrons. The van der Waals surface area contributed by atoms with Crippen molar-refractivity contribution in [2.45, 2.75) is 45.7 Å². The number of carbonyl (C=O) groups is 3. The molecule has 9 heteroatoms. The zero-order valence-corrected chi connectivity index (χ0v) is 21.4. The second kappa shape index (κ2) is 11.5. The molecule has 2 saturated heterocycles. The van der Waals surface area contributed by atoms with Crippen molar-refractivity contribution in [3.05, 3.63) is 65.5 Å². The first-order valence-electron chi connectivity index (χ1n) is 12.7. The molecule has 0 aliphatic carbocycles. The van der Waals surface area contributed by atoms with E-state index in [-0.39, 0.29) is 30.1 Å². The fraction of sp³-hybridized carbons (Fsp3) is 0.429. The highest BCUT2D eigenvalue weighted by Gasteiger charge is 2.50. The molecule has 37 heavy (non-hydrogen) atoms. The van der Waals surface area contributed by atoms with Gasteiger partial charge in [0, 0.05) is 30.9 Å². The number of ketones is 1. The zero-order valence-electron chi connectivity index (χ0n) is 21.4. The average Bonchev–Trinajstić information content (AvgIpc) is 3.18. The third-order valence-electron chi connectivity index (χ3n) is 6.54. The number of pyridine rings is 1. The first-order valence-corrected chi connectivity index (χ1v) is 12.7. The van der Waals surface area contributed by atoms with Crippen LogP contribution in [-0.4, -0.2) is 70.0 Å². The Bertz CT molecular complexity index is 1150. The van der Waals surface area contributed by atoms with E-state index in [2.05, 4.69) is 18.8 Å². The van der Waals surface area contributed by atoms with Crippen molar-refractivity contribution in [3.63, 3.8) is 0 Å². The summed E-state index contributed by atoms with van der Waals surface area (Å²) in [5.41, 5.74) is 0.910. The number of Topliss-reactive ketones (excluding diaryl/α,β-unsaturated/α-hetero) is 1. The smallest absolute Gasteiger partial charge is 0.409 e. The quantitative estimate of drug-likeness (QED) is 0.340. The highest BCUT2D eigenvalue weighted by Crippen LogP contribution is 2.41. The van der Waals surface area contributed by atoms with Crippen molar-refractivity contribution in [1.82, 2.24) is 14.8 Å². The van der Waals surface area contributed by atoms with E-state index in [0.29, 0.717) is 55.5 Å². The number of piperidine rings is 1. The van der Waals surface area contributed by atoms with Crippen LogP contribution in [0.2, 0.25) is 0 Å². The second-order valence-corrected chi connectivity index (χ2v) is 9.61. The van der Waals surface area contributed by atoms with Crippen LogP contribution in [-0.2, 0) is 14.3 Å². The molecule has 2 aromatic rings. The predicted molar refractivity (Wildman–Crippen MR) is 137 cm³/mol. The third-order valence-corrected chi connectivity index (χ3v) is 6.54. The van der Waals surface area contributed by atoms with Crippen LogP contribution in [0.15, 0.2) is 54.2 Å². The Labute approximate surface area is 216 Å². The topological polar surface area (TPSA) is 109 Å². The maximum Gasteiger partial charge on any atom is 0.409 e. The largest absolute Gasteiger partial charge is 0.507 e. The van der Waals surface area contributed by atoms with E-state index in [9.17, 15) is 19.5 Å². The van der Waals surface area contributed by atoms with Gasteiger partial charge in [0.15, 0.2) is 0 Å². The van der Waals surface area contributed by atoms with Gasteiger partial charge in [-0.25, -0.2) is 4.79 Å². The Kier molecular flexibility index (Phi) is 8.11. The summed E-state index contributed by atoms with van der Waals surface area (Å²) >= 11 is 0. The zero-order chi connectivity index (χ0) is 26.5. The summed E-state index contributed by atoms with van der Waals surface area (Å²) in [5, 5.41) is 11.3. The Morgan fingerprint density at radius 2 is 1.81 bits per heavy atom. The molecule has 2 aliphatic rings. The normalized spacial score (nSPS) is 19.9. The molecular formula is C28H33N3O6.